The normalized spacial score (nSPS) is 23.6. The Hall–Kier alpha value is -1.77. The zero-order valence-electron chi connectivity index (χ0n) is 10.9. The molecule has 0 unspecified atom stereocenters. The van der Waals surface area contributed by atoms with Crippen molar-refractivity contribution in [2.75, 3.05) is 13.1 Å². The zero-order valence-corrected chi connectivity index (χ0v) is 10.9. The summed E-state index contributed by atoms with van der Waals surface area (Å²) in [7, 11) is 0. The number of hydrogen-bond acceptors (Lipinski definition) is 4. The summed E-state index contributed by atoms with van der Waals surface area (Å²) in [6.07, 6.45) is -0.372. The fourth-order valence-corrected chi connectivity index (χ4v) is 1.92. The Balaban J connectivity index is 2.68. The van der Waals surface area contributed by atoms with Crippen LogP contribution in [0.15, 0.2) is 0 Å². The molecule has 0 radical (unpaired) electrons. The molecular formula is C12H18N2O4. The topological polar surface area (TPSA) is 90.6 Å². The summed E-state index contributed by atoms with van der Waals surface area (Å²) in [5, 5.41) is 17.9. The van der Waals surface area contributed by atoms with Crippen molar-refractivity contribution in [1.82, 2.24) is 4.90 Å². The van der Waals surface area contributed by atoms with E-state index < -0.39 is 23.1 Å². The van der Waals surface area contributed by atoms with Gasteiger partial charge in [0.2, 0.25) is 0 Å². The highest BCUT2D eigenvalue weighted by molar-refractivity contribution is 5.71. The molecule has 0 aromatic rings. The number of carboxylic acids is 1. The molecule has 1 amide bonds. The molecule has 0 spiro atoms. The Kier molecular flexibility index (Phi) is 3.85. The number of nitriles is 1. The van der Waals surface area contributed by atoms with Crippen LogP contribution in [-0.2, 0) is 9.53 Å². The van der Waals surface area contributed by atoms with Crippen molar-refractivity contribution >= 4 is 12.1 Å². The molecule has 100 valence electrons. The molecule has 6 nitrogen and oxygen atoms in total. The number of amides is 1. The minimum Gasteiger partial charge on any atom is -0.481 e. The van der Waals surface area contributed by atoms with Crippen LogP contribution >= 0.6 is 0 Å². The lowest BCUT2D eigenvalue weighted by Crippen LogP contribution is -2.37. The van der Waals surface area contributed by atoms with Crippen LogP contribution in [0.3, 0.4) is 0 Å². The number of carboxylic acid groups (broad SMARTS) is 1. The van der Waals surface area contributed by atoms with E-state index in [1.54, 1.807) is 20.8 Å². The molecule has 18 heavy (non-hydrogen) atoms. The standard InChI is InChI=1S/C12H18N2O4/c1-11(2,3)18-10(17)14-5-4-12(7-13,8-14)6-9(15)16/h4-6,8H2,1-3H3,(H,15,16)/t12-/m0/s1. The van der Waals surface area contributed by atoms with Crippen LogP contribution in [0.25, 0.3) is 0 Å². The molecule has 1 aliphatic rings. The third kappa shape index (κ3) is 3.62. The maximum absolute atomic E-state index is 11.8. The summed E-state index contributed by atoms with van der Waals surface area (Å²) in [6.45, 7) is 5.75. The van der Waals surface area contributed by atoms with Gasteiger partial charge in [-0.25, -0.2) is 4.79 Å². The Morgan fingerprint density at radius 2 is 2.11 bits per heavy atom. The van der Waals surface area contributed by atoms with Crippen molar-refractivity contribution in [2.24, 2.45) is 5.41 Å². The van der Waals surface area contributed by atoms with E-state index in [-0.39, 0.29) is 13.0 Å². The van der Waals surface area contributed by atoms with Crippen LogP contribution in [0.2, 0.25) is 0 Å². The largest absolute Gasteiger partial charge is 0.481 e. The molecule has 1 rings (SSSR count). The van der Waals surface area contributed by atoms with Crippen molar-refractivity contribution in [3.05, 3.63) is 0 Å². The van der Waals surface area contributed by atoms with E-state index in [9.17, 15) is 9.59 Å². The van der Waals surface area contributed by atoms with E-state index in [2.05, 4.69) is 0 Å². The van der Waals surface area contributed by atoms with Gasteiger partial charge in [0, 0.05) is 13.1 Å². The van der Waals surface area contributed by atoms with Gasteiger partial charge in [-0.05, 0) is 27.2 Å². The van der Waals surface area contributed by atoms with Gasteiger partial charge in [0.25, 0.3) is 0 Å². The molecule has 1 heterocycles. The predicted molar refractivity (Wildman–Crippen MR) is 62.7 cm³/mol. The second-order valence-electron chi connectivity index (χ2n) is 5.61. The van der Waals surface area contributed by atoms with Crippen molar-refractivity contribution in [3.63, 3.8) is 0 Å². The molecule has 1 N–H and O–H groups in total. The number of likely N-dealkylation sites (tertiary alicyclic amines) is 1. The van der Waals surface area contributed by atoms with E-state index in [1.807, 2.05) is 6.07 Å². The average molecular weight is 254 g/mol. The Morgan fingerprint density at radius 3 is 2.56 bits per heavy atom. The maximum atomic E-state index is 11.8. The van der Waals surface area contributed by atoms with Crippen LogP contribution in [0.1, 0.15) is 33.6 Å². The second kappa shape index (κ2) is 4.84. The lowest BCUT2D eigenvalue weighted by Gasteiger charge is -2.25. The van der Waals surface area contributed by atoms with Crippen LogP contribution in [-0.4, -0.2) is 40.8 Å². The molecule has 0 aromatic heterocycles. The van der Waals surface area contributed by atoms with E-state index in [0.29, 0.717) is 13.0 Å². The van der Waals surface area contributed by atoms with Gasteiger partial charge in [-0.2, -0.15) is 5.26 Å². The number of aliphatic carboxylic acids is 1. The highest BCUT2D eigenvalue weighted by Crippen LogP contribution is 2.34. The Morgan fingerprint density at radius 1 is 1.50 bits per heavy atom. The first-order valence-corrected chi connectivity index (χ1v) is 5.78. The quantitative estimate of drug-likeness (QED) is 0.808. The fourth-order valence-electron chi connectivity index (χ4n) is 1.92. The number of carbonyl (C=O) groups is 2. The third-order valence-corrected chi connectivity index (χ3v) is 2.73. The lowest BCUT2D eigenvalue weighted by molar-refractivity contribution is -0.138. The fraction of sp³-hybridized carbons (Fsp3) is 0.750. The number of hydrogen-bond donors (Lipinski definition) is 1. The lowest BCUT2D eigenvalue weighted by atomic mass is 9.85. The summed E-state index contributed by atoms with van der Waals surface area (Å²) in [5.41, 5.74) is -1.58. The number of ether oxygens (including phenoxy) is 1. The maximum Gasteiger partial charge on any atom is 0.410 e. The minimum absolute atomic E-state index is 0.116. The number of rotatable bonds is 2. The van der Waals surface area contributed by atoms with Gasteiger partial charge in [-0.15, -0.1) is 0 Å². The summed E-state index contributed by atoms with van der Waals surface area (Å²) in [6, 6.07) is 2.03. The van der Waals surface area contributed by atoms with Gasteiger partial charge in [0.05, 0.1) is 17.9 Å². The molecule has 0 aliphatic carbocycles. The van der Waals surface area contributed by atoms with Gasteiger partial charge >= 0.3 is 12.1 Å². The average Bonchev–Trinajstić information content (AvgIpc) is 2.59. The van der Waals surface area contributed by atoms with Gasteiger partial charge in [-0.1, -0.05) is 0 Å². The first kappa shape index (κ1) is 14.3. The summed E-state index contributed by atoms with van der Waals surface area (Å²) < 4.78 is 5.19. The first-order chi connectivity index (χ1) is 8.17. The molecular weight excluding hydrogens is 236 g/mol. The smallest absolute Gasteiger partial charge is 0.410 e. The van der Waals surface area contributed by atoms with Crippen molar-refractivity contribution < 1.29 is 19.4 Å². The molecule has 1 atom stereocenters. The number of carbonyl (C=O) groups excluding carboxylic acids is 1. The van der Waals surface area contributed by atoms with Gasteiger partial charge in [0.1, 0.15) is 5.60 Å². The third-order valence-electron chi connectivity index (χ3n) is 2.73. The van der Waals surface area contributed by atoms with Crippen molar-refractivity contribution in [3.8, 4) is 6.07 Å². The van der Waals surface area contributed by atoms with E-state index in [0.717, 1.165) is 0 Å². The Bertz CT molecular complexity index is 394. The molecule has 1 fully saturated rings. The molecule has 0 bridgehead atoms. The van der Waals surface area contributed by atoms with Crippen LogP contribution in [0, 0.1) is 16.7 Å². The summed E-state index contributed by atoms with van der Waals surface area (Å²) >= 11 is 0. The van der Waals surface area contributed by atoms with Gasteiger partial charge in [0.15, 0.2) is 0 Å². The van der Waals surface area contributed by atoms with Crippen LogP contribution in [0.5, 0.6) is 0 Å². The van der Waals surface area contributed by atoms with Crippen LogP contribution < -0.4 is 0 Å². The van der Waals surface area contributed by atoms with E-state index in [1.165, 1.54) is 4.90 Å². The second-order valence-corrected chi connectivity index (χ2v) is 5.61. The SMILES string of the molecule is CC(C)(C)OC(=O)N1CC[C@@](C#N)(CC(=O)O)C1. The van der Waals surface area contributed by atoms with Gasteiger partial charge < -0.3 is 14.7 Å². The van der Waals surface area contributed by atoms with Crippen molar-refractivity contribution in [2.45, 2.75) is 39.2 Å². The minimum atomic E-state index is -1.03. The van der Waals surface area contributed by atoms with Crippen molar-refractivity contribution in [1.29, 1.82) is 5.26 Å². The highest BCUT2D eigenvalue weighted by Gasteiger charge is 2.43. The summed E-state index contributed by atoms with van der Waals surface area (Å²) in [5.74, 6) is -1.03. The van der Waals surface area contributed by atoms with Crippen LogP contribution in [0.4, 0.5) is 4.79 Å². The molecule has 6 heteroatoms. The monoisotopic (exact) mass is 254 g/mol. The Labute approximate surface area is 106 Å². The van der Waals surface area contributed by atoms with E-state index >= 15 is 0 Å². The molecule has 1 saturated heterocycles. The summed E-state index contributed by atoms with van der Waals surface area (Å²) in [4.78, 5) is 23.9. The molecule has 1 aliphatic heterocycles. The van der Waals surface area contributed by atoms with Gasteiger partial charge in [-0.3, -0.25) is 4.79 Å². The number of nitrogens with zero attached hydrogens (tertiary/aromatic N) is 2. The highest BCUT2D eigenvalue weighted by atomic mass is 16.6. The molecule has 0 saturated carbocycles. The zero-order chi connectivity index (χ0) is 14.0. The first-order valence-electron chi connectivity index (χ1n) is 5.78. The predicted octanol–water partition coefficient (Wildman–Crippen LogP) is 1.61. The molecule has 0 aromatic carbocycles. The van der Waals surface area contributed by atoms with E-state index in [4.69, 9.17) is 15.1 Å².